The molecular weight excluding hydrogens is 302 g/mol. The van der Waals surface area contributed by atoms with E-state index < -0.39 is 0 Å². The minimum atomic E-state index is -0.221. The average molecular weight is 319 g/mol. The number of hydrogen-bond donors (Lipinski definition) is 2. The number of aromatic nitrogens is 2. The van der Waals surface area contributed by atoms with Gasteiger partial charge in [-0.15, -0.1) is 0 Å². The summed E-state index contributed by atoms with van der Waals surface area (Å²) in [5.74, 6) is 0.0567. The van der Waals surface area contributed by atoms with Crippen molar-refractivity contribution in [2.45, 2.75) is 13.0 Å². The van der Waals surface area contributed by atoms with Crippen LogP contribution in [0.1, 0.15) is 33.2 Å². The predicted octanol–water partition coefficient (Wildman–Crippen LogP) is 3.27. The third-order valence-corrected chi connectivity index (χ3v) is 4.55. The van der Waals surface area contributed by atoms with Crippen LogP contribution in [0.4, 0.5) is 0 Å². The van der Waals surface area contributed by atoms with Crippen molar-refractivity contribution in [3.8, 4) is 17.0 Å². The summed E-state index contributed by atoms with van der Waals surface area (Å²) in [6.45, 7) is 2.03. The zero-order chi connectivity index (χ0) is 16.8. The second kappa shape index (κ2) is 5.23. The standard InChI is InChI=1S/C19H17N3O2/c1-11-7-9-12(10-8-11)18-15-16(13-5-3-4-6-14(13)23)20-21-17(15)19(24)22(18)2/h3-10,18,23H,1-2H3,(H,20,21). The predicted molar refractivity (Wildman–Crippen MR) is 90.8 cm³/mol. The Morgan fingerprint density at radius 1 is 1.12 bits per heavy atom. The lowest BCUT2D eigenvalue weighted by molar-refractivity contribution is 0.0788. The van der Waals surface area contributed by atoms with Crippen molar-refractivity contribution in [1.82, 2.24) is 15.1 Å². The Bertz CT molecular complexity index is 928. The molecule has 0 spiro atoms. The van der Waals surface area contributed by atoms with Crippen molar-refractivity contribution >= 4 is 5.91 Å². The van der Waals surface area contributed by atoms with Crippen molar-refractivity contribution in [1.29, 1.82) is 0 Å². The summed E-state index contributed by atoms with van der Waals surface area (Å²) in [4.78, 5) is 14.3. The molecule has 2 N–H and O–H groups in total. The molecule has 0 fully saturated rings. The fraction of sp³-hybridized carbons (Fsp3) is 0.158. The van der Waals surface area contributed by atoms with Gasteiger partial charge >= 0.3 is 0 Å². The molecule has 0 radical (unpaired) electrons. The summed E-state index contributed by atoms with van der Waals surface area (Å²) in [6.07, 6.45) is 0. The Hall–Kier alpha value is -3.08. The van der Waals surface area contributed by atoms with Gasteiger partial charge in [0.2, 0.25) is 0 Å². The van der Waals surface area contributed by atoms with Crippen LogP contribution in [0.15, 0.2) is 48.5 Å². The molecule has 1 aliphatic heterocycles. The van der Waals surface area contributed by atoms with E-state index in [1.54, 1.807) is 30.1 Å². The van der Waals surface area contributed by atoms with E-state index in [1.807, 2.05) is 37.3 Å². The van der Waals surface area contributed by atoms with Gasteiger partial charge < -0.3 is 10.0 Å². The number of aromatic hydroxyl groups is 1. The van der Waals surface area contributed by atoms with Crippen molar-refractivity contribution < 1.29 is 9.90 Å². The van der Waals surface area contributed by atoms with Crippen LogP contribution in [-0.4, -0.2) is 33.2 Å². The van der Waals surface area contributed by atoms with Crippen molar-refractivity contribution in [2.75, 3.05) is 7.05 Å². The molecule has 0 saturated heterocycles. The molecule has 1 amide bonds. The van der Waals surface area contributed by atoms with Crippen molar-refractivity contribution in [3.05, 3.63) is 70.9 Å². The molecule has 2 heterocycles. The summed E-state index contributed by atoms with van der Waals surface area (Å²) in [6, 6.07) is 14.9. The average Bonchev–Trinajstić information content (AvgIpc) is 3.10. The van der Waals surface area contributed by atoms with Gasteiger partial charge in [-0.2, -0.15) is 5.10 Å². The van der Waals surface area contributed by atoms with Crippen LogP contribution >= 0.6 is 0 Å². The van der Waals surface area contributed by atoms with Crippen LogP contribution in [0.2, 0.25) is 0 Å². The Labute approximate surface area is 139 Å². The molecule has 5 nitrogen and oxygen atoms in total. The van der Waals surface area contributed by atoms with Gasteiger partial charge in [-0.3, -0.25) is 9.89 Å². The monoisotopic (exact) mass is 319 g/mol. The molecular formula is C19H17N3O2. The summed E-state index contributed by atoms with van der Waals surface area (Å²) in [5, 5.41) is 17.4. The van der Waals surface area contributed by atoms with Crippen molar-refractivity contribution in [2.24, 2.45) is 0 Å². The SMILES string of the molecule is Cc1ccc(C2c3c(-c4ccccc4O)n[nH]c3C(=O)N2C)cc1. The smallest absolute Gasteiger partial charge is 0.272 e. The van der Waals surface area contributed by atoms with E-state index >= 15 is 0 Å². The number of rotatable bonds is 2. The summed E-state index contributed by atoms with van der Waals surface area (Å²) in [5.41, 5.74) is 4.73. The number of carbonyl (C=O) groups is 1. The highest BCUT2D eigenvalue weighted by Crippen LogP contribution is 2.43. The zero-order valence-electron chi connectivity index (χ0n) is 13.4. The number of benzene rings is 2. The molecule has 0 saturated carbocycles. The lowest BCUT2D eigenvalue weighted by atomic mass is 9.95. The van der Waals surface area contributed by atoms with Gasteiger partial charge in [0.05, 0.1) is 6.04 Å². The second-order valence-electron chi connectivity index (χ2n) is 6.11. The minimum absolute atomic E-state index is 0.0928. The number of hydrogen-bond acceptors (Lipinski definition) is 3. The zero-order valence-corrected chi connectivity index (χ0v) is 13.4. The number of carbonyl (C=O) groups excluding carboxylic acids is 1. The van der Waals surface area contributed by atoms with Crippen LogP contribution in [0.25, 0.3) is 11.3 Å². The Balaban J connectivity index is 1.92. The number of H-pyrrole nitrogens is 1. The lowest BCUT2D eigenvalue weighted by Gasteiger charge is -2.22. The Morgan fingerprint density at radius 3 is 2.54 bits per heavy atom. The maximum absolute atomic E-state index is 12.6. The van der Waals surface area contributed by atoms with Gasteiger partial charge in [0.1, 0.15) is 17.1 Å². The fourth-order valence-electron chi connectivity index (χ4n) is 3.29. The summed E-state index contributed by atoms with van der Waals surface area (Å²) >= 11 is 0. The lowest BCUT2D eigenvalue weighted by Crippen LogP contribution is -2.24. The molecule has 24 heavy (non-hydrogen) atoms. The number of nitrogens with one attached hydrogen (secondary N) is 1. The highest BCUT2D eigenvalue weighted by Gasteiger charge is 2.40. The first-order chi connectivity index (χ1) is 11.6. The number of phenols is 1. The highest BCUT2D eigenvalue weighted by molar-refractivity contribution is 6.00. The normalized spacial score (nSPS) is 16.5. The molecule has 3 aromatic rings. The fourth-order valence-corrected chi connectivity index (χ4v) is 3.29. The van der Waals surface area contributed by atoms with Gasteiger partial charge in [-0.05, 0) is 24.6 Å². The maximum atomic E-state index is 12.6. The first-order valence-electron chi connectivity index (χ1n) is 7.78. The molecule has 1 atom stereocenters. The minimum Gasteiger partial charge on any atom is -0.507 e. The van der Waals surface area contributed by atoms with Crippen LogP contribution in [0.5, 0.6) is 5.75 Å². The van der Waals surface area contributed by atoms with E-state index in [-0.39, 0.29) is 17.7 Å². The third kappa shape index (κ3) is 2.01. The van der Waals surface area contributed by atoms with E-state index in [1.165, 1.54) is 5.56 Å². The molecule has 0 aliphatic carbocycles. The second-order valence-corrected chi connectivity index (χ2v) is 6.11. The summed E-state index contributed by atoms with van der Waals surface area (Å²) in [7, 11) is 1.79. The number of amides is 1. The largest absolute Gasteiger partial charge is 0.507 e. The first-order valence-corrected chi connectivity index (χ1v) is 7.78. The van der Waals surface area contributed by atoms with Crippen molar-refractivity contribution in [3.63, 3.8) is 0 Å². The van der Waals surface area contributed by atoms with E-state index in [9.17, 15) is 9.90 Å². The van der Waals surface area contributed by atoms with Gasteiger partial charge in [0.15, 0.2) is 0 Å². The van der Waals surface area contributed by atoms with Crippen LogP contribution in [-0.2, 0) is 0 Å². The quantitative estimate of drug-likeness (QED) is 0.761. The van der Waals surface area contributed by atoms with Crippen LogP contribution < -0.4 is 0 Å². The van der Waals surface area contributed by atoms with Gasteiger partial charge in [0.25, 0.3) is 5.91 Å². The van der Waals surface area contributed by atoms with Crippen LogP contribution in [0, 0.1) is 6.92 Å². The topological polar surface area (TPSA) is 69.2 Å². The number of aryl methyl sites for hydroxylation is 1. The molecule has 1 aliphatic rings. The van der Waals surface area contributed by atoms with Crippen LogP contribution in [0.3, 0.4) is 0 Å². The number of phenolic OH excluding ortho intramolecular Hbond substituents is 1. The molecule has 5 heteroatoms. The third-order valence-electron chi connectivity index (χ3n) is 4.55. The van der Waals surface area contributed by atoms with E-state index in [0.29, 0.717) is 17.0 Å². The number of para-hydroxylation sites is 1. The number of fused-ring (bicyclic) bond motifs is 1. The molecule has 1 unspecified atom stereocenters. The van der Waals surface area contributed by atoms with E-state index in [4.69, 9.17) is 0 Å². The molecule has 0 bridgehead atoms. The first kappa shape index (κ1) is 14.5. The Morgan fingerprint density at radius 2 is 1.83 bits per heavy atom. The molecule has 2 aromatic carbocycles. The molecule has 1 aromatic heterocycles. The van der Waals surface area contributed by atoms with Gasteiger partial charge in [-0.1, -0.05) is 42.0 Å². The number of nitrogens with zero attached hydrogens (tertiary/aromatic N) is 2. The van der Waals surface area contributed by atoms with E-state index in [2.05, 4.69) is 10.2 Å². The van der Waals surface area contributed by atoms with Gasteiger partial charge in [0, 0.05) is 18.2 Å². The van der Waals surface area contributed by atoms with Gasteiger partial charge in [-0.25, -0.2) is 0 Å². The number of aromatic amines is 1. The highest BCUT2D eigenvalue weighted by atomic mass is 16.3. The molecule has 4 rings (SSSR count). The van der Waals surface area contributed by atoms with E-state index in [0.717, 1.165) is 11.1 Å². The Kier molecular flexibility index (Phi) is 3.16. The summed E-state index contributed by atoms with van der Waals surface area (Å²) < 4.78 is 0. The maximum Gasteiger partial charge on any atom is 0.272 e. The molecule has 120 valence electrons.